The molecule has 0 spiro atoms. The predicted molar refractivity (Wildman–Crippen MR) is 43.6 cm³/mol. The van der Waals surface area contributed by atoms with Gasteiger partial charge in [0.15, 0.2) is 0 Å². The number of rotatable bonds is 3. The topological polar surface area (TPSA) is 0 Å². The first-order valence-electron chi connectivity index (χ1n) is 3.18. The Morgan fingerprint density at radius 1 is 0.889 bits per heavy atom. The minimum atomic E-state index is 0. The maximum absolute atomic E-state index is 2.31. The third-order valence-electron chi connectivity index (χ3n) is 1.50. The predicted octanol–water partition coefficient (Wildman–Crippen LogP) is 2.99. The van der Waals surface area contributed by atoms with Crippen LogP contribution in [0.3, 0.4) is 0 Å². The third kappa shape index (κ3) is 9.46. The van der Waals surface area contributed by atoms with Gasteiger partial charge in [0.25, 0.3) is 0 Å². The Labute approximate surface area is 91.6 Å². The van der Waals surface area contributed by atoms with Gasteiger partial charge in [-0.15, -0.1) is 0 Å². The van der Waals surface area contributed by atoms with Crippen molar-refractivity contribution in [2.24, 2.45) is 0 Å². The Kier molecular flexibility index (Phi) is 22.7. The summed E-state index contributed by atoms with van der Waals surface area (Å²) in [4.78, 5) is 0. The summed E-state index contributed by atoms with van der Waals surface area (Å²) < 4.78 is 0. The smallest absolute Gasteiger partial charge is 0.0470 e. The molecule has 0 amide bonds. The Balaban J connectivity index is -0.000000180. The molecular formula is C7H18ErSi-. The molecule has 0 nitrogen and oxygen atoms in total. The van der Waals surface area contributed by atoms with Crippen molar-refractivity contribution in [2.75, 3.05) is 0 Å². The molecule has 0 aromatic rings. The first-order chi connectivity index (χ1) is 3.35. The SMILES string of the molecule is CC[Si](CC)CC.[CH3-].[Er]. The van der Waals surface area contributed by atoms with Crippen molar-refractivity contribution in [2.45, 2.75) is 38.9 Å². The molecule has 0 rings (SSSR count). The maximum Gasteiger partial charge on any atom is 0.0470 e. The van der Waals surface area contributed by atoms with Crippen LogP contribution in [0.1, 0.15) is 20.8 Å². The summed E-state index contributed by atoms with van der Waals surface area (Å²) in [6.45, 7) is 6.92. The first kappa shape index (κ1) is 16.8. The van der Waals surface area contributed by atoms with E-state index in [1.807, 2.05) is 0 Å². The average Bonchev–Trinajstić information content (AvgIpc) is 1.72. The fraction of sp³-hybridized carbons (Fsp3) is 0.857. The monoisotopic (exact) mass is 296 g/mol. The molecule has 0 unspecified atom stereocenters. The van der Waals surface area contributed by atoms with E-state index < -0.39 is 0 Å². The quantitative estimate of drug-likeness (QED) is 0.555. The van der Waals surface area contributed by atoms with Gasteiger partial charge >= 0.3 is 0 Å². The number of hydrogen-bond acceptors (Lipinski definition) is 0. The van der Waals surface area contributed by atoms with Gasteiger partial charge in [-0.1, -0.05) is 38.9 Å². The molecule has 0 atom stereocenters. The van der Waals surface area contributed by atoms with Crippen molar-refractivity contribution in [3.05, 3.63) is 7.43 Å². The van der Waals surface area contributed by atoms with Crippen LogP contribution in [0.15, 0.2) is 0 Å². The molecule has 0 heterocycles. The van der Waals surface area contributed by atoms with Gasteiger partial charge in [0.1, 0.15) is 0 Å². The summed E-state index contributed by atoms with van der Waals surface area (Å²) in [5.41, 5.74) is 0. The van der Waals surface area contributed by atoms with Crippen LogP contribution in [0.2, 0.25) is 18.1 Å². The Morgan fingerprint density at radius 3 is 1.11 bits per heavy atom. The zero-order valence-electron chi connectivity index (χ0n) is 6.91. The molecule has 0 aromatic carbocycles. The first-order valence-corrected chi connectivity index (χ1v) is 5.30. The normalized spacial score (nSPS) is 8.00. The van der Waals surface area contributed by atoms with E-state index >= 15 is 0 Å². The largest absolute Gasteiger partial charge is 0.358 e. The van der Waals surface area contributed by atoms with E-state index in [-0.39, 0.29) is 53.5 Å². The van der Waals surface area contributed by atoms with Crippen molar-refractivity contribution in [1.82, 2.24) is 0 Å². The molecule has 1 radical (unpaired) electrons. The van der Waals surface area contributed by atoms with Gasteiger partial charge in [-0.25, -0.2) is 0 Å². The van der Waals surface area contributed by atoms with Crippen LogP contribution in [-0.4, -0.2) is 8.80 Å². The van der Waals surface area contributed by atoms with E-state index in [0.717, 1.165) is 0 Å². The molecule has 0 N–H and O–H groups in total. The molecule has 0 aliphatic rings. The van der Waals surface area contributed by atoms with Gasteiger partial charge in [-0.2, -0.15) is 0 Å². The standard InChI is InChI=1S/C6H15Si.CH3.Er/c1-4-7(5-2)6-3;;/h4-6H2,1-3H3;1H3;/q;-1;. The summed E-state index contributed by atoms with van der Waals surface area (Å²) in [6.07, 6.45) is 0. The van der Waals surface area contributed by atoms with Crippen molar-refractivity contribution < 1.29 is 37.3 Å². The summed E-state index contributed by atoms with van der Waals surface area (Å²) in [7, 11) is 0.137. The Hall–Kier alpha value is 1.46. The third-order valence-corrected chi connectivity index (χ3v) is 4.50. The summed E-state index contributed by atoms with van der Waals surface area (Å²) in [6, 6.07) is 4.37. The summed E-state index contributed by atoms with van der Waals surface area (Å²) >= 11 is 0. The maximum atomic E-state index is 2.31. The molecule has 0 aliphatic heterocycles. The van der Waals surface area contributed by atoms with E-state index in [0.29, 0.717) is 0 Å². The van der Waals surface area contributed by atoms with Crippen LogP contribution in [0, 0.1) is 44.7 Å². The number of hydrogen-bond donors (Lipinski definition) is 0. The summed E-state index contributed by atoms with van der Waals surface area (Å²) in [5.74, 6) is 0. The van der Waals surface area contributed by atoms with E-state index in [1.165, 1.54) is 18.1 Å². The van der Waals surface area contributed by atoms with Crippen LogP contribution >= 0.6 is 0 Å². The molecule has 9 heavy (non-hydrogen) atoms. The fourth-order valence-electron chi connectivity index (χ4n) is 0.750. The van der Waals surface area contributed by atoms with Crippen LogP contribution in [0.25, 0.3) is 0 Å². The molecular weight excluding hydrogens is 279 g/mol. The van der Waals surface area contributed by atoms with Crippen LogP contribution in [-0.2, 0) is 0 Å². The van der Waals surface area contributed by atoms with Gasteiger partial charge in [0.2, 0.25) is 0 Å². The molecule has 0 saturated heterocycles. The van der Waals surface area contributed by atoms with Crippen LogP contribution in [0.4, 0.5) is 0 Å². The minimum Gasteiger partial charge on any atom is -0.358 e. The van der Waals surface area contributed by atoms with Gasteiger partial charge in [0.05, 0.1) is 0 Å². The van der Waals surface area contributed by atoms with E-state index in [2.05, 4.69) is 20.8 Å². The van der Waals surface area contributed by atoms with Gasteiger partial charge in [-0.3, -0.25) is 0 Å². The van der Waals surface area contributed by atoms with Crippen molar-refractivity contribution >= 4 is 8.80 Å². The zero-order valence-corrected chi connectivity index (χ0v) is 9.76. The fourth-order valence-corrected chi connectivity index (χ4v) is 2.25. The molecule has 2 heteroatoms. The van der Waals surface area contributed by atoms with Crippen molar-refractivity contribution in [3.8, 4) is 0 Å². The zero-order chi connectivity index (χ0) is 5.70. The molecule has 0 saturated carbocycles. The van der Waals surface area contributed by atoms with Gasteiger partial charge in [-0.05, 0) is 0 Å². The Morgan fingerprint density at radius 2 is 1.11 bits per heavy atom. The van der Waals surface area contributed by atoms with Crippen molar-refractivity contribution in [1.29, 1.82) is 0 Å². The van der Waals surface area contributed by atoms with Crippen molar-refractivity contribution in [3.63, 3.8) is 0 Å². The van der Waals surface area contributed by atoms with E-state index in [4.69, 9.17) is 0 Å². The van der Waals surface area contributed by atoms with Crippen LogP contribution < -0.4 is 0 Å². The Bertz CT molecular complexity index is 30.4. The second-order valence-electron chi connectivity index (χ2n) is 1.81. The molecule has 0 aliphatic carbocycles. The second kappa shape index (κ2) is 12.2. The molecule has 0 fully saturated rings. The van der Waals surface area contributed by atoms with Crippen LogP contribution in [0.5, 0.6) is 0 Å². The average molecular weight is 298 g/mol. The second-order valence-corrected chi connectivity index (χ2v) is 5.43. The van der Waals surface area contributed by atoms with E-state index in [9.17, 15) is 0 Å². The molecule has 0 aromatic heterocycles. The van der Waals surface area contributed by atoms with E-state index in [1.54, 1.807) is 0 Å². The summed E-state index contributed by atoms with van der Waals surface area (Å²) in [5, 5.41) is 0. The van der Waals surface area contributed by atoms with Gasteiger partial charge in [0, 0.05) is 46.1 Å². The van der Waals surface area contributed by atoms with Gasteiger partial charge < -0.3 is 7.43 Å². The molecule has 63 valence electrons. The molecule has 0 bridgehead atoms. The minimum absolute atomic E-state index is 0.